The minimum atomic E-state index is -0.544. The number of hydrogen-bond acceptors (Lipinski definition) is 5. The first-order valence-corrected chi connectivity index (χ1v) is 11.0. The summed E-state index contributed by atoms with van der Waals surface area (Å²) in [5.74, 6) is -1.29. The summed E-state index contributed by atoms with van der Waals surface area (Å²) in [5, 5.41) is 7.53. The van der Waals surface area contributed by atoms with Gasteiger partial charge in [0.1, 0.15) is 5.82 Å². The summed E-state index contributed by atoms with van der Waals surface area (Å²) in [6.07, 6.45) is 1.20. The van der Waals surface area contributed by atoms with Crippen LogP contribution in [0.25, 0.3) is 11.3 Å². The summed E-state index contributed by atoms with van der Waals surface area (Å²) >= 11 is 7.39. The van der Waals surface area contributed by atoms with Crippen molar-refractivity contribution in [2.45, 2.75) is 19.8 Å². The van der Waals surface area contributed by atoms with E-state index in [-0.39, 0.29) is 17.4 Å². The molecule has 1 saturated heterocycles. The lowest BCUT2D eigenvalue weighted by Crippen LogP contribution is -2.24. The van der Waals surface area contributed by atoms with Crippen LogP contribution in [0.15, 0.2) is 41.8 Å². The van der Waals surface area contributed by atoms with Gasteiger partial charge >= 0.3 is 0 Å². The van der Waals surface area contributed by atoms with E-state index in [4.69, 9.17) is 11.6 Å². The summed E-state index contributed by atoms with van der Waals surface area (Å²) in [5.41, 5.74) is 1.78. The second kappa shape index (κ2) is 9.05. The van der Waals surface area contributed by atoms with E-state index >= 15 is 0 Å². The molecule has 0 atom stereocenters. The molecular formula is C22H18ClFN4O3S. The highest BCUT2D eigenvalue weighted by Crippen LogP contribution is 2.32. The van der Waals surface area contributed by atoms with Crippen molar-refractivity contribution in [3.05, 3.63) is 58.2 Å². The highest BCUT2D eigenvalue weighted by Gasteiger charge is 2.24. The minimum Gasteiger partial charge on any atom is -0.326 e. The topological polar surface area (TPSA) is 91.4 Å². The van der Waals surface area contributed by atoms with Crippen molar-refractivity contribution in [1.29, 1.82) is 0 Å². The molecule has 7 nitrogen and oxygen atoms in total. The molecule has 1 aliphatic rings. The van der Waals surface area contributed by atoms with E-state index in [2.05, 4.69) is 15.6 Å². The molecule has 164 valence electrons. The monoisotopic (exact) mass is 472 g/mol. The molecule has 2 aromatic carbocycles. The van der Waals surface area contributed by atoms with Crippen LogP contribution in [0.4, 0.5) is 20.9 Å². The quantitative estimate of drug-likeness (QED) is 0.550. The van der Waals surface area contributed by atoms with Crippen molar-refractivity contribution in [2.24, 2.45) is 0 Å². The number of carbonyl (C=O) groups excluding carboxylic acids is 3. The number of thiazole rings is 1. The molecule has 1 fully saturated rings. The Bertz CT molecular complexity index is 1230. The molecule has 0 unspecified atom stereocenters. The molecule has 4 rings (SSSR count). The van der Waals surface area contributed by atoms with Crippen LogP contribution in [0.3, 0.4) is 0 Å². The van der Waals surface area contributed by atoms with Gasteiger partial charge in [0.25, 0.3) is 5.91 Å². The fraction of sp³-hybridized carbons (Fsp3) is 0.182. The minimum absolute atomic E-state index is 0.0272. The number of nitrogens with zero attached hydrogens (tertiary/aromatic N) is 2. The van der Waals surface area contributed by atoms with Crippen LogP contribution in [0.1, 0.15) is 30.1 Å². The summed E-state index contributed by atoms with van der Waals surface area (Å²) in [6, 6.07) is 9.03. The Hall–Kier alpha value is -3.30. The van der Waals surface area contributed by atoms with Crippen LogP contribution >= 0.6 is 22.9 Å². The molecule has 1 aliphatic heterocycles. The van der Waals surface area contributed by atoms with Crippen molar-refractivity contribution in [1.82, 2.24) is 4.98 Å². The first-order chi connectivity index (χ1) is 15.3. The predicted molar refractivity (Wildman–Crippen MR) is 123 cm³/mol. The lowest BCUT2D eigenvalue weighted by molar-refractivity contribution is -0.117. The molecule has 0 spiro atoms. The molecule has 0 radical (unpaired) electrons. The van der Waals surface area contributed by atoms with Gasteiger partial charge in [-0.3, -0.25) is 19.7 Å². The van der Waals surface area contributed by atoms with E-state index < -0.39 is 11.7 Å². The summed E-state index contributed by atoms with van der Waals surface area (Å²) in [4.78, 5) is 41.8. The molecule has 0 bridgehead atoms. The Morgan fingerprint density at radius 1 is 1.19 bits per heavy atom. The van der Waals surface area contributed by atoms with Gasteiger partial charge in [0, 0.05) is 42.1 Å². The molecule has 0 saturated carbocycles. The maximum Gasteiger partial charge on any atom is 0.257 e. The zero-order valence-corrected chi connectivity index (χ0v) is 18.5. The largest absolute Gasteiger partial charge is 0.326 e. The van der Waals surface area contributed by atoms with Crippen LogP contribution in [-0.2, 0) is 9.59 Å². The van der Waals surface area contributed by atoms with Gasteiger partial charge in [-0.15, -0.1) is 11.3 Å². The van der Waals surface area contributed by atoms with Gasteiger partial charge in [-0.05, 0) is 42.8 Å². The van der Waals surface area contributed by atoms with Crippen LogP contribution in [0, 0.1) is 5.82 Å². The predicted octanol–water partition coefficient (Wildman–Crippen LogP) is 4.94. The van der Waals surface area contributed by atoms with E-state index in [1.165, 1.54) is 19.1 Å². The summed E-state index contributed by atoms with van der Waals surface area (Å²) in [7, 11) is 0. The fourth-order valence-electron chi connectivity index (χ4n) is 3.39. The van der Waals surface area contributed by atoms with E-state index in [9.17, 15) is 18.8 Å². The van der Waals surface area contributed by atoms with Gasteiger partial charge in [-0.2, -0.15) is 0 Å². The third-order valence-corrected chi connectivity index (χ3v) is 5.94. The average Bonchev–Trinajstić information content (AvgIpc) is 3.37. The van der Waals surface area contributed by atoms with Gasteiger partial charge in [0.15, 0.2) is 5.13 Å². The zero-order chi connectivity index (χ0) is 22.8. The van der Waals surface area contributed by atoms with Crippen LogP contribution in [0.2, 0.25) is 5.02 Å². The Labute approximate surface area is 192 Å². The molecular weight excluding hydrogens is 455 g/mol. The second-order valence-corrected chi connectivity index (χ2v) is 8.45. The molecule has 0 aliphatic carbocycles. The molecule has 10 heteroatoms. The van der Waals surface area contributed by atoms with Crippen LogP contribution < -0.4 is 15.5 Å². The SMILES string of the molecule is CC(=O)Nc1ccc(-c2csc(NC(=O)c3ccc(Cl)c(N4CCCC4=O)c3)n2)c(F)c1. The number of amides is 3. The molecule has 2 N–H and O–H groups in total. The van der Waals surface area contributed by atoms with E-state index in [1.54, 1.807) is 34.5 Å². The highest BCUT2D eigenvalue weighted by atomic mass is 35.5. The number of nitrogens with one attached hydrogen (secondary N) is 2. The van der Waals surface area contributed by atoms with Crippen molar-refractivity contribution < 1.29 is 18.8 Å². The van der Waals surface area contributed by atoms with Crippen molar-refractivity contribution in [3.8, 4) is 11.3 Å². The number of benzene rings is 2. The number of carbonyl (C=O) groups is 3. The number of anilines is 3. The second-order valence-electron chi connectivity index (χ2n) is 7.18. The Kier molecular flexibility index (Phi) is 6.20. The third kappa shape index (κ3) is 4.63. The number of hydrogen-bond donors (Lipinski definition) is 2. The maximum absolute atomic E-state index is 14.5. The van der Waals surface area contributed by atoms with E-state index in [0.717, 1.165) is 17.8 Å². The lowest BCUT2D eigenvalue weighted by atomic mass is 10.1. The normalized spacial score (nSPS) is 13.3. The maximum atomic E-state index is 14.5. The Balaban J connectivity index is 1.51. The van der Waals surface area contributed by atoms with E-state index in [1.807, 2.05) is 0 Å². The lowest BCUT2D eigenvalue weighted by Gasteiger charge is -2.18. The number of halogens is 2. The first-order valence-electron chi connectivity index (χ1n) is 9.76. The van der Waals surface area contributed by atoms with Crippen LogP contribution in [0.5, 0.6) is 0 Å². The van der Waals surface area contributed by atoms with Gasteiger partial charge in [-0.25, -0.2) is 9.37 Å². The number of rotatable bonds is 5. The van der Waals surface area contributed by atoms with Gasteiger partial charge < -0.3 is 10.2 Å². The highest BCUT2D eigenvalue weighted by molar-refractivity contribution is 7.14. The third-order valence-electron chi connectivity index (χ3n) is 4.86. The standard InChI is InChI=1S/C22H18ClFN4O3S/c1-12(29)25-14-5-6-15(17(24)10-14)18-11-32-22(26-18)27-21(31)13-4-7-16(23)19(9-13)28-8-2-3-20(28)30/h4-7,9-11H,2-3,8H2,1H3,(H,25,29)(H,26,27,31). The van der Waals surface area contributed by atoms with Gasteiger partial charge in [0.05, 0.1) is 16.4 Å². The van der Waals surface area contributed by atoms with Gasteiger partial charge in [-0.1, -0.05) is 11.6 Å². The van der Waals surface area contributed by atoms with Crippen molar-refractivity contribution in [3.63, 3.8) is 0 Å². The molecule has 1 aromatic heterocycles. The van der Waals surface area contributed by atoms with E-state index in [0.29, 0.717) is 45.8 Å². The van der Waals surface area contributed by atoms with Gasteiger partial charge in [0.2, 0.25) is 11.8 Å². The molecule has 32 heavy (non-hydrogen) atoms. The zero-order valence-electron chi connectivity index (χ0n) is 16.9. The van der Waals surface area contributed by atoms with Crippen molar-refractivity contribution in [2.75, 3.05) is 22.1 Å². The average molecular weight is 473 g/mol. The smallest absolute Gasteiger partial charge is 0.257 e. The summed E-state index contributed by atoms with van der Waals surface area (Å²) in [6.45, 7) is 1.90. The molecule has 3 aromatic rings. The van der Waals surface area contributed by atoms with Crippen molar-refractivity contribution >= 4 is 57.2 Å². The van der Waals surface area contributed by atoms with Crippen LogP contribution in [-0.4, -0.2) is 29.3 Å². The first kappa shape index (κ1) is 21.9. The molecule has 3 amide bonds. The number of aromatic nitrogens is 1. The Morgan fingerprint density at radius 2 is 2.00 bits per heavy atom. The fourth-order valence-corrected chi connectivity index (χ4v) is 4.32. The Morgan fingerprint density at radius 3 is 2.69 bits per heavy atom. The molecule has 2 heterocycles. The summed E-state index contributed by atoms with van der Waals surface area (Å²) < 4.78 is 14.5.